The third kappa shape index (κ3) is 1.73. The van der Waals surface area contributed by atoms with Gasteiger partial charge < -0.3 is 15.2 Å². The smallest absolute Gasteiger partial charge is 0.243 e. The molecule has 1 amide bonds. The number of rotatable bonds is 2. The van der Waals surface area contributed by atoms with Gasteiger partial charge in [0, 0.05) is 12.6 Å². The molecule has 1 aliphatic carbocycles. The summed E-state index contributed by atoms with van der Waals surface area (Å²) in [5.74, 6) is 0.881. The van der Waals surface area contributed by atoms with Crippen LogP contribution in [-0.2, 0) is 4.79 Å². The average Bonchev–Trinajstić information content (AvgIpc) is 2.92. The molecule has 0 radical (unpaired) electrons. The van der Waals surface area contributed by atoms with E-state index >= 15 is 0 Å². The molecule has 2 fully saturated rings. The molecule has 0 bridgehead atoms. The predicted molar refractivity (Wildman–Crippen MR) is 65.7 cm³/mol. The zero-order valence-corrected chi connectivity index (χ0v) is 10.7. The van der Waals surface area contributed by atoms with Gasteiger partial charge in [-0.1, -0.05) is 5.16 Å². The molecule has 1 aromatic rings. The van der Waals surface area contributed by atoms with Gasteiger partial charge in [0.15, 0.2) is 5.76 Å². The van der Waals surface area contributed by atoms with Gasteiger partial charge >= 0.3 is 0 Å². The van der Waals surface area contributed by atoms with Gasteiger partial charge in [0.05, 0.1) is 17.3 Å². The summed E-state index contributed by atoms with van der Waals surface area (Å²) in [7, 11) is 0. The first-order valence-corrected chi connectivity index (χ1v) is 6.63. The zero-order valence-electron chi connectivity index (χ0n) is 10.7. The first-order chi connectivity index (χ1) is 8.60. The lowest BCUT2D eigenvalue weighted by Gasteiger charge is -2.40. The molecule has 0 spiro atoms. The van der Waals surface area contributed by atoms with E-state index in [1.165, 1.54) is 0 Å². The van der Waals surface area contributed by atoms with E-state index in [0.29, 0.717) is 0 Å². The van der Waals surface area contributed by atoms with Gasteiger partial charge in [-0.15, -0.1) is 0 Å². The number of carbonyl (C=O) groups is 1. The van der Waals surface area contributed by atoms with E-state index in [-0.39, 0.29) is 11.9 Å². The maximum Gasteiger partial charge on any atom is 0.243 e. The molecular formula is C13H19N3O2. The minimum Gasteiger partial charge on any atom is -0.359 e. The highest BCUT2D eigenvalue weighted by Gasteiger charge is 2.46. The Morgan fingerprint density at radius 2 is 2.33 bits per heavy atom. The van der Waals surface area contributed by atoms with E-state index in [0.717, 1.165) is 50.1 Å². The molecule has 0 aromatic carbocycles. The van der Waals surface area contributed by atoms with Gasteiger partial charge in [0.25, 0.3) is 0 Å². The maximum absolute atomic E-state index is 12.5. The summed E-state index contributed by atoms with van der Waals surface area (Å²) < 4.78 is 5.31. The molecule has 1 unspecified atom stereocenters. The van der Waals surface area contributed by atoms with Crippen LogP contribution >= 0.6 is 0 Å². The van der Waals surface area contributed by atoms with E-state index < -0.39 is 5.54 Å². The van der Waals surface area contributed by atoms with E-state index in [9.17, 15) is 4.79 Å². The Morgan fingerprint density at radius 1 is 1.56 bits per heavy atom. The van der Waals surface area contributed by atoms with Crippen molar-refractivity contribution in [2.24, 2.45) is 5.73 Å². The van der Waals surface area contributed by atoms with Gasteiger partial charge in [-0.25, -0.2) is 0 Å². The molecule has 98 valence electrons. The number of likely N-dealkylation sites (tertiary alicyclic amines) is 1. The lowest BCUT2D eigenvalue weighted by atomic mass is 9.76. The molecule has 2 N–H and O–H groups in total. The summed E-state index contributed by atoms with van der Waals surface area (Å²) in [6, 6.07) is 1.94. The molecular weight excluding hydrogens is 230 g/mol. The van der Waals surface area contributed by atoms with Gasteiger partial charge in [-0.2, -0.15) is 0 Å². The van der Waals surface area contributed by atoms with Crippen LogP contribution in [0.4, 0.5) is 0 Å². The van der Waals surface area contributed by atoms with Gasteiger partial charge in [0.1, 0.15) is 0 Å². The molecule has 5 heteroatoms. The second kappa shape index (κ2) is 4.09. The second-order valence-electron chi connectivity index (χ2n) is 5.54. The molecule has 2 aliphatic rings. The second-order valence-corrected chi connectivity index (χ2v) is 5.54. The molecule has 18 heavy (non-hydrogen) atoms. The fourth-order valence-electron chi connectivity index (χ4n) is 2.90. The lowest BCUT2D eigenvalue weighted by Crippen LogP contribution is -2.59. The van der Waals surface area contributed by atoms with E-state index in [2.05, 4.69) is 5.16 Å². The first-order valence-electron chi connectivity index (χ1n) is 6.63. The van der Waals surface area contributed by atoms with Crippen molar-refractivity contribution in [3.05, 3.63) is 17.5 Å². The molecule has 2 heterocycles. The number of nitrogens with two attached hydrogens (primary N) is 1. The van der Waals surface area contributed by atoms with Crippen molar-refractivity contribution >= 4 is 5.91 Å². The van der Waals surface area contributed by atoms with Gasteiger partial charge in [-0.05, 0) is 39.0 Å². The van der Waals surface area contributed by atoms with E-state index in [4.69, 9.17) is 10.3 Å². The number of hydrogen-bond donors (Lipinski definition) is 1. The minimum atomic E-state index is -0.613. The standard InChI is InChI=1S/C13H19N3O2/c1-9-8-11(18-15-9)10-4-2-7-16(10)12(17)13(14)5-3-6-13/h8,10H,2-7,14H2,1H3. The number of hydrogen-bond acceptors (Lipinski definition) is 4. The van der Waals surface area contributed by atoms with Crippen LogP contribution in [-0.4, -0.2) is 28.0 Å². The number of amides is 1. The van der Waals surface area contributed by atoms with Crippen molar-refractivity contribution in [1.29, 1.82) is 0 Å². The number of nitrogens with zero attached hydrogens (tertiary/aromatic N) is 2. The highest BCUT2D eigenvalue weighted by Crippen LogP contribution is 2.38. The van der Waals surface area contributed by atoms with Crippen molar-refractivity contribution in [2.75, 3.05) is 6.54 Å². The van der Waals surface area contributed by atoms with Crippen molar-refractivity contribution < 1.29 is 9.32 Å². The average molecular weight is 249 g/mol. The van der Waals surface area contributed by atoms with Crippen LogP contribution in [0.2, 0.25) is 0 Å². The summed E-state index contributed by atoms with van der Waals surface area (Å²) in [5, 5.41) is 3.91. The maximum atomic E-state index is 12.5. The normalized spacial score (nSPS) is 26.1. The fraction of sp³-hybridized carbons (Fsp3) is 0.692. The number of aryl methyl sites for hydroxylation is 1. The number of aromatic nitrogens is 1. The molecule has 1 aliphatic heterocycles. The van der Waals surface area contributed by atoms with Crippen LogP contribution in [0.15, 0.2) is 10.6 Å². The SMILES string of the molecule is Cc1cc(C2CCCN2C(=O)C2(N)CCC2)on1. The third-order valence-electron chi connectivity index (χ3n) is 4.16. The minimum absolute atomic E-state index is 0.0275. The number of carbonyl (C=O) groups excluding carboxylic acids is 1. The molecule has 1 aromatic heterocycles. The third-order valence-corrected chi connectivity index (χ3v) is 4.16. The van der Waals surface area contributed by atoms with Crippen LogP contribution < -0.4 is 5.73 Å². The van der Waals surface area contributed by atoms with E-state index in [1.807, 2.05) is 17.9 Å². The molecule has 1 saturated carbocycles. The Balaban J connectivity index is 1.81. The van der Waals surface area contributed by atoms with Crippen molar-refractivity contribution in [1.82, 2.24) is 10.1 Å². The summed E-state index contributed by atoms with van der Waals surface area (Å²) in [4.78, 5) is 14.4. The predicted octanol–water partition coefficient (Wildman–Crippen LogP) is 1.53. The summed E-state index contributed by atoms with van der Waals surface area (Å²) in [6.07, 6.45) is 4.62. The van der Waals surface area contributed by atoms with Crippen LogP contribution in [0.3, 0.4) is 0 Å². The van der Waals surface area contributed by atoms with Crippen molar-refractivity contribution in [3.8, 4) is 0 Å². The summed E-state index contributed by atoms with van der Waals surface area (Å²) in [6.45, 7) is 2.67. The fourth-order valence-corrected chi connectivity index (χ4v) is 2.90. The van der Waals surface area contributed by atoms with E-state index in [1.54, 1.807) is 0 Å². The topological polar surface area (TPSA) is 72.4 Å². The van der Waals surface area contributed by atoms with Gasteiger partial charge in [0.2, 0.25) is 5.91 Å². The Bertz CT molecular complexity index is 465. The summed E-state index contributed by atoms with van der Waals surface area (Å²) in [5.41, 5.74) is 6.38. The first kappa shape index (κ1) is 11.7. The van der Waals surface area contributed by atoms with Crippen molar-refractivity contribution in [2.45, 2.75) is 50.6 Å². The Kier molecular flexibility index (Phi) is 2.66. The Morgan fingerprint density at radius 3 is 2.89 bits per heavy atom. The molecule has 5 nitrogen and oxygen atoms in total. The highest BCUT2D eigenvalue weighted by atomic mass is 16.5. The molecule has 3 rings (SSSR count). The Hall–Kier alpha value is -1.36. The lowest BCUT2D eigenvalue weighted by molar-refractivity contribution is -0.141. The quantitative estimate of drug-likeness (QED) is 0.862. The summed E-state index contributed by atoms with van der Waals surface area (Å²) >= 11 is 0. The zero-order chi connectivity index (χ0) is 12.8. The van der Waals surface area contributed by atoms with Crippen LogP contribution in [0.5, 0.6) is 0 Å². The van der Waals surface area contributed by atoms with Gasteiger partial charge in [-0.3, -0.25) is 4.79 Å². The monoisotopic (exact) mass is 249 g/mol. The Labute approximate surface area is 106 Å². The van der Waals surface area contributed by atoms with Crippen LogP contribution in [0, 0.1) is 6.92 Å². The highest BCUT2D eigenvalue weighted by molar-refractivity contribution is 5.87. The van der Waals surface area contributed by atoms with Crippen molar-refractivity contribution in [3.63, 3.8) is 0 Å². The largest absolute Gasteiger partial charge is 0.359 e. The molecule has 1 atom stereocenters. The van der Waals surface area contributed by atoms with Crippen LogP contribution in [0.25, 0.3) is 0 Å². The van der Waals surface area contributed by atoms with Crippen LogP contribution in [0.1, 0.15) is 49.6 Å². The molecule has 1 saturated heterocycles.